The zero-order chi connectivity index (χ0) is 12.7. The van der Waals surface area contributed by atoms with Crippen molar-refractivity contribution in [3.8, 4) is 0 Å². The van der Waals surface area contributed by atoms with Gasteiger partial charge in [-0.1, -0.05) is 36.9 Å². The predicted octanol–water partition coefficient (Wildman–Crippen LogP) is 3.80. The third kappa shape index (κ3) is 4.38. The molecular formula is C14H15NO2. The third-order valence-electron chi connectivity index (χ3n) is 1.99. The number of benzene rings is 1. The van der Waals surface area contributed by atoms with E-state index < -0.39 is 6.09 Å². The maximum absolute atomic E-state index is 11.5. The Morgan fingerprint density at radius 2 is 1.94 bits per heavy atom. The summed E-state index contributed by atoms with van der Waals surface area (Å²) in [6, 6.07) is 7.43. The van der Waals surface area contributed by atoms with E-state index in [1.54, 1.807) is 18.2 Å². The summed E-state index contributed by atoms with van der Waals surface area (Å²) in [5, 5.41) is 2.61. The van der Waals surface area contributed by atoms with Crippen molar-refractivity contribution in [3.63, 3.8) is 0 Å². The van der Waals surface area contributed by atoms with Crippen molar-refractivity contribution in [2.75, 3.05) is 5.32 Å². The minimum Gasteiger partial charge on any atom is -0.410 e. The SMILES string of the molecule is C=C/C=C(\C=C)OC(=O)Nc1ccc(C)cc1. The van der Waals surface area contributed by atoms with E-state index in [0.717, 1.165) is 5.56 Å². The van der Waals surface area contributed by atoms with Gasteiger partial charge in [-0.05, 0) is 31.2 Å². The number of nitrogens with one attached hydrogen (secondary N) is 1. The molecule has 0 radical (unpaired) electrons. The van der Waals surface area contributed by atoms with Crippen LogP contribution in [0.1, 0.15) is 5.56 Å². The van der Waals surface area contributed by atoms with Gasteiger partial charge in [0, 0.05) is 5.69 Å². The van der Waals surface area contributed by atoms with Crippen LogP contribution in [-0.4, -0.2) is 6.09 Å². The fourth-order valence-corrected chi connectivity index (χ4v) is 1.15. The second kappa shape index (κ2) is 6.33. The molecule has 3 heteroatoms. The Balaban J connectivity index is 2.60. The van der Waals surface area contributed by atoms with E-state index in [1.807, 2.05) is 19.1 Å². The van der Waals surface area contributed by atoms with Gasteiger partial charge in [0.25, 0.3) is 0 Å². The molecule has 0 atom stereocenters. The van der Waals surface area contributed by atoms with Gasteiger partial charge in [-0.25, -0.2) is 4.79 Å². The predicted molar refractivity (Wildman–Crippen MR) is 69.8 cm³/mol. The molecule has 1 N–H and O–H groups in total. The summed E-state index contributed by atoms with van der Waals surface area (Å²) >= 11 is 0. The Kier molecular flexibility index (Phi) is 4.76. The van der Waals surface area contributed by atoms with Gasteiger partial charge in [0.15, 0.2) is 0 Å². The van der Waals surface area contributed by atoms with Crippen molar-refractivity contribution < 1.29 is 9.53 Å². The molecule has 17 heavy (non-hydrogen) atoms. The molecule has 1 amide bonds. The van der Waals surface area contributed by atoms with E-state index in [2.05, 4.69) is 18.5 Å². The highest BCUT2D eigenvalue weighted by atomic mass is 16.6. The first-order chi connectivity index (χ1) is 8.15. The van der Waals surface area contributed by atoms with E-state index in [4.69, 9.17) is 4.74 Å². The van der Waals surface area contributed by atoms with Gasteiger partial charge in [0.05, 0.1) is 0 Å². The molecule has 0 saturated carbocycles. The van der Waals surface area contributed by atoms with Crippen molar-refractivity contribution in [3.05, 3.63) is 67.0 Å². The van der Waals surface area contributed by atoms with Gasteiger partial charge in [-0.3, -0.25) is 5.32 Å². The molecule has 0 spiro atoms. The van der Waals surface area contributed by atoms with Crippen LogP contribution in [0.25, 0.3) is 0 Å². The number of allylic oxidation sites excluding steroid dienone is 3. The van der Waals surface area contributed by atoms with Crippen LogP contribution in [0.3, 0.4) is 0 Å². The molecule has 3 nitrogen and oxygen atoms in total. The van der Waals surface area contributed by atoms with E-state index >= 15 is 0 Å². The van der Waals surface area contributed by atoms with Gasteiger partial charge >= 0.3 is 6.09 Å². The largest absolute Gasteiger partial charge is 0.417 e. The van der Waals surface area contributed by atoms with Gasteiger partial charge < -0.3 is 4.74 Å². The molecule has 0 heterocycles. The topological polar surface area (TPSA) is 38.3 Å². The number of amides is 1. The lowest BCUT2D eigenvalue weighted by Gasteiger charge is -2.06. The average molecular weight is 229 g/mol. The Morgan fingerprint density at radius 3 is 2.47 bits per heavy atom. The van der Waals surface area contributed by atoms with Crippen LogP contribution in [0.5, 0.6) is 0 Å². The van der Waals surface area contributed by atoms with Crippen molar-refractivity contribution in [2.45, 2.75) is 6.92 Å². The van der Waals surface area contributed by atoms with Crippen LogP contribution in [-0.2, 0) is 4.74 Å². The van der Waals surface area contributed by atoms with Crippen LogP contribution >= 0.6 is 0 Å². The van der Waals surface area contributed by atoms with Crippen LogP contribution < -0.4 is 5.32 Å². The summed E-state index contributed by atoms with van der Waals surface area (Å²) in [4.78, 5) is 11.5. The maximum Gasteiger partial charge on any atom is 0.417 e. The van der Waals surface area contributed by atoms with Crippen molar-refractivity contribution in [2.24, 2.45) is 0 Å². The molecule has 0 aliphatic carbocycles. The van der Waals surface area contributed by atoms with Gasteiger partial charge in [-0.15, -0.1) is 0 Å². The zero-order valence-electron chi connectivity index (χ0n) is 9.77. The molecule has 0 unspecified atom stereocenters. The second-order valence-corrected chi connectivity index (χ2v) is 3.39. The lowest BCUT2D eigenvalue weighted by molar-refractivity contribution is 0.195. The molecular weight excluding hydrogens is 214 g/mol. The number of anilines is 1. The Bertz CT molecular complexity index is 444. The number of carbonyl (C=O) groups is 1. The quantitative estimate of drug-likeness (QED) is 0.630. The highest BCUT2D eigenvalue weighted by Gasteiger charge is 2.04. The normalized spacial score (nSPS) is 10.5. The molecule has 0 saturated heterocycles. The summed E-state index contributed by atoms with van der Waals surface area (Å²) in [7, 11) is 0. The first-order valence-electron chi connectivity index (χ1n) is 5.16. The fraction of sp³-hybridized carbons (Fsp3) is 0.0714. The number of ether oxygens (including phenoxy) is 1. The summed E-state index contributed by atoms with van der Waals surface area (Å²) in [5.41, 5.74) is 1.81. The lowest BCUT2D eigenvalue weighted by atomic mass is 10.2. The molecule has 0 aliphatic rings. The van der Waals surface area contributed by atoms with Gasteiger partial charge in [-0.2, -0.15) is 0 Å². The van der Waals surface area contributed by atoms with Gasteiger partial charge in [0.2, 0.25) is 0 Å². The monoisotopic (exact) mass is 229 g/mol. The number of carbonyl (C=O) groups excluding carboxylic acids is 1. The fourth-order valence-electron chi connectivity index (χ4n) is 1.15. The Morgan fingerprint density at radius 1 is 1.29 bits per heavy atom. The van der Waals surface area contributed by atoms with Crippen LogP contribution in [0, 0.1) is 6.92 Å². The highest BCUT2D eigenvalue weighted by Crippen LogP contribution is 2.10. The smallest absolute Gasteiger partial charge is 0.410 e. The molecule has 0 aliphatic heterocycles. The average Bonchev–Trinajstić information content (AvgIpc) is 2.31. The lowest BCUT2D eigenvalue weighted by Crippen LogP contribution is -2.12. The maximum atomic E-state index is 11.5. The van der Waals surface area contributed by atoms with E-state index in [-0.39, 0.29) is 0 Å². The minimum atomic E-state index is -0.554. The number of hydrogen-bond acceptors (Lipinski definition) is 2. The van der Waals surface area contributed by atoms with Crippen molar-refractivity contribution in [1.29, 1.82) is 0 Å². The first-order valence-corrected chi connectivity index (χ1v) is 5.16. The summed E-state index contributed by atoms with van der Waals surface area (Å²) in [6.07, 6.45) is 3.97. The summed E-state index contributed by atoms with van der Waals surface area (Å²) < 4.78 is 5.00. The number of hydrogen-bond donors (Lipinski definition) is 1. The van der Waals surface area contributed by atoms with Crippen LogP contribution in [0.15, 0.2) is 61.4 Å². The van der Waals surface area contributed by atoms with Gasteiger partial charge in [0.1, 0.15) is 5.76 Å². The third-order valence-corrected chi connectivity index (χ3v) is 1.99. The summed E-state index contributed by atoms with van der Waals surface area (Å²) in [6.45, 7) is 9.02. The highest BCUT2D eigenvalue weighted by molar-refractivity contribution is 5.85. The van der Waals surface area contributed by atoms with E-state index in [1.165, 1.54) is 12.2 Å². The molecule has 1 aromatic carbocycles. The first kappa shape index (κ1) is 12.8. The number of rotatable bonds is 4. The zero-order valence-corrected chi connectivity index (χ0v) is 9.77. The van der Waals surface area contributed by atoms with Crippen molar-refractivity contribution >= 4 is 11.8 Å². The van der Waals surface area contributed by atoms with E-state index in [9.17, 15) is 4.79 Å². The minimum absolute atomic E-state index is 0.351. The Hall–Kier alpha value is -2.29. The molecule has 0 bridgehead atoms. The molecule has 88 valence electrons. The summed E-state index contributed by atoms with van der Waals surface area (Å²) in [5.74, 6) is 0.351. The second-order valence-electron chi connectivity index (χ2n) is 3.39. The molecule has 0 fully saturated rings. The molecule has 0 aromatic heterocycles. The van der Waals surface area contributed by atoms with Crippen LogP contribution in [0.2, 0.25) is 0 Å². The standard InChI is InChI=1S/C14H15NO2/c1-4-6-13(5-2)17-14(16)15-12-9-7-11(3)8-10-12/h4-10H,1-2H2,3H3,(H,15,16)/b13-6+. The van der Waals surface area contributed by atoms with Crippen molar-refractivity contribution in [1.82, 2.24) is 0 Å². The van der Waals surface area contributed by atoms with Crippen LogP contribution in [0.4, 0.5) is 10.5 Å². The molecule has 1 aromatic rings. The number of aryl methyl sites for hydroxylation is 1. The van der Waals surface area contributed by atoms with E-state index in [0.29, 0.717) is 11.4 Å². The Labute approximate surface area is 101 Å². The molecule has 1 rings (SSSR count).